The van der Waals surface area contributed by atoms with Crippen LogP contribution in [0.15, 0.2) is 127 Å². The quantitative estimate of drug-likeness (QED) is 0.0665. The third-order valence-electron chi connectivity index (χ3n) is 8.38. The molecule has 0 unspecified atom stereocenters. The number of anilines is 1. The van der Waals surface area contributed by atoms with Gasteiger partial charge >= 0.3 is 0 Å². The zero-order valence-electron chi connectivity index (χ0n) is 41.5. The largest absolute Gasteiger partial charge is 0.424 e. The summed E-state index contributed by atoms with van der Waals surface area (Å²) < 4.78 is 5.54. The van der Waals surface area contributed by atoms with Gasteiger partial charge in [-0.2, -0.15) is 4.98 Å². The number of oxazole rings is 1. The Hall–Kier alpha value is -7.36. The smallest absolute Gasteiger partial charge is 0.295 e. The van der Waals surface area contributed by atoms with E-state index in [1.807, 2.05) is 105 Å². The number of para-hydroxylation sites is 2. The summed E-state index contributed by atoms with van der Waals surface area (Å²) in [5.41, 5.74) is 4.62. The molecule has 68 heavy (non-hydrogen) atoms. The highest BCUT2D eigenvalue weighted by atomic mass is 16.6. The number of nitro benzene ring substituents is 1. The van der Waals surface area contributed by atoms with E-state index >= 15 is 0 Å². The number of nitrogens with one attached hydrogen (secondary N) is 4. The minimum absolute atomic E-state index is 0.00870. The Kier molecular flexibility index (Phi) is 23.9. The van der Waals surface area contributed by atoms with E-state index in [-0.39, 0.29) is 58.1 Å². The number of hydrogen-bond donors (Lipinski definition) is 4. The van der Waals surface area contributed by atoms with Crippen LogP contribution in [-0.4, -0.2) is 73.0 Å². The van der Waals surface area contributed by atoms with Crippen molar-refractivity contribution >= 4 is 46.3 Å². The lowest BCUT2D eigenvalue weighted by Crippen LogP contribution is -2.30. The van der Waals surface area contributed by atoms with Crippen LogP contribution < -0.4 is 21.3 Å². The molecule has 0 bridgehead atoms. The number of rotatable bonds is 12. The van der Waals surface area contributed by atoms with Gasteiger partial charge in [-0.3, -0.25) is 34.3 Å². The van der Waals surface area contributed by atoms with E-state index in [0.29, 0.717) is 35.5 Å². The van der Waals surface area contributed by atoms with Crippen molar-refractivity contribution in [2.24, 2.45) is 10.8 Å². The molecule has 0 atom stereocenters. The van der Waals surface area contributed by atoms with Gasteiger partial charge in [0.1, 0.15) is 17.6 Å². The monoisotopic (exact) mass is 932 g/mol. The van der Waals surface area contributed by atoms with Crippen LogP contribution in [0, 0.1) is 20.9 Å². The first-order valence-electron chi connectivity index (χ1n) is 22.4. The average molecular weight is 932 g/mol. The molecule has 0 fully saturated rings. The predicted octanol–water partition coefficient (Wildman–Crippen LogP) is 10.1. The van der Waals surface area contributed by atoms with Crippen LogP contribution in [-0.2, 0) is 11.2 Å². The molecule has 6 rings (SSSR count). The summed E-state index contributed by atoms with van der Waals surface area (Å²) >= 11 is 0. The lowest BCUT2D eigenvalue weighted by Gasteiger charge is -2.17. The van der Waals surface area contributed by atoms with Gasteiger partial charge in [-0.1, -0.05) is 84.0 Å². The highest BCUT2D eigenvalue weighted by Gasteiger charge is 2.17. The Morgan fingerprint density at radius 3 is 1.60 bits per heavy atom. The molecule has 3 amide bonds. The molecule has 6 aromatic rings. The molecule has 0 aliphatic heterocycles. The molecule has 4 N–H and O–H groups in total. The van der Waals surface area contributed by atoms with Gasteiger partial charge in [0.2, 0.25) is 0 Å². The maximum atomic E-state index is 11.7. The average Bonchev–Trinajstić information content (AvgIpc) is 3.70. The zero-order valence-corrected chi connectivity index (χ0v) is 41.5. The Morgan fingerprint density at radius 2 is 1.12 bits per heavy atom. The second kappa shape index (κ2) is 28.6. The van der Waals surface area contributed by atoms with Crippen LogP contribution in [0.3, 0.4) is 0 Å². The second-order valence-electron chi connectivity index (χ2n) is 18.9. The normalized spacial score (nSPS) is 10.7. The summed E-state index contributed by atoms with van der Waals surface area (Å²) in [4.78, 5) is 71.3. The molecule has 0 radical (unpaired) electrons. The van der Waals surface area contributed by atoms with Gasteiger partial charge in [-0.25, -0.2) is 9.97 Å². The molecule has 0 saturated carbocycles. The number of hydrogen-bond acceptors (Lipinski definition) is 12. The number of pyridine rings is 1. The molecule has 16 heteroatoms. The third-order valence-corrected chi connectivity index (χ3v) is 8.38. The lowest BCUT2D eigenvalue weighted by atomic mass is 9.88. The number of fused-ring (bicyclic) bond motifs is 1. The van der Waals surface area contributed by atoms with E-state index in [1.54, 1.807) is 48.8 Å². The van der Waals surface area contributed by atoms with Crippen molar-refractivity contribution in [3.63, 3.8) is 0 Å². The summed E-state index contributed by atoms with van der Waals surface area (Å²) in [5, 5.41) is 22.0. The topological polar surface area (TPSA) is 224 Å². The fourth-order valence-electron chi connectivity index (χ4n) is 5.45. The van der Waals surface area contributed by atoms with Gasteiger partial charge in [0.05, 0.1) is 16.1 Å². The van der Waals surface area contributed by atoms with Gasteiger partial charge in [0, 0.05) is 80.0 Å². The number of benzene rings is 3. The number of non-ortho nitro benzene ring substituents is 1. The van der Waals surface area contributed by atoms with Crippen molar-refractivity contribution < 1.29 is 28.5 Å². The molecule has 0 spiro atoms. The van der Waals surface area contributed by atoms with Crippen molar-refractivity contribution in [1.82, 2.24) is 35.9 Å². The van der Waals surface area contributed by atoms with Crippen molar-refractivity contribution in [2.75, 3.05) is 11.9 Å². The van der Waals surface area contributed by atoms with Crippen LogP contribution in [0.1, 0.15) is 126 Å². The number of Topliss-reactive ketones (excluding diaryl/α,β-unsaturated/α-hetero) is 1. The van der Waals surface area contributed by atoms with Gasteiger partial charge in [0.25, 0.3) is 29.4 Å². The Morgan fingerprint density at radius 1 is 0.618 bits per heavy atom. The van der Waals surface area contributed by atoms with Crippen molar-refractivity contribution in [2.45, 2.75) is 114 Å². The fourth-order valence-corrected chi connectivity index (χ4v) is 5.45. The number of ketones is 1. The molecule has 3 aromatic carbocycles. The van der Waals surface area contributed by atoms with E-state index in [9.17, 15) is 29.3 Å². The number of nitro groups is 1. The fraction of sp³-hybridized carbons (Fsp3) is 0.385. The van der Waals surface area contributed by atoms with Crippen molar-refractivity contribution in [3.05, 3.63) is 154 Å². The first kappa shape index (κ1) is 56.8. The standard InChI is InChI=1S/C13H17NO3.C12H16N2O.C10H13NO.C9H12N2O.C8H11N3O/c1-13(2,3)9-12(15)8-10-4-6-11(7-5-10)14(16)17;1-12(2,3)8-13-11-14-9-6-4-5-7-10(9)15-11;1-8(2)11-10(12)9-6-4-3-5-7-9;1-7(2)11-9(12)8-4-3-5-10-6-8;1-6(2)11-8(12)7-3-9-5-10-4-7/h4-7H,8-9H2,1-3H3;4-7H,8H2,1-3H3,(H,13,14);3-8H,1-2H3,(H,11,12);3-7H,1-2H3,(H,11,12);3-6H,1-2H3,(H,11,12). The van der Waals surface area contributed by atoms with Crippen molar-refractivity contribution in [1.29, 1.82) is 0 Å². The van der Waals surface area contributed by atoms with Gasteiger partial charge in [-0.15, -0.1) is 0 Å². The van der Waals surface area contributed by atoms with Crippen LogP contribution in [0.25, 0.3) is 11.1 Å². The summed E-state index contributed by atoms with van der Waals surface area (Å²) in [6.45, 7) is 24.9. The SMILES string of the molecule is CC(C)(C)CC(=O)Cc1ccc([N+](=O)[O-])cc1.CC(C)(C)CNc1nc2ccccc2o1.CC(C)NC(=O)c1ccccc1.CC(C)NC(=O)c1cccnc1.CC(C)NC(=O)c1cncnc1. The van der Waals surface area contributed by atoms with Gasteiger partial charge < -0.3 is 25.7 Å². The van der Waals surface area contributed by atoms with E-state index in [0.717, 1.165) is 23.2 Å². The Balaban J connectivity index is 0.000000294. The number of amides is 3. The van der Waals surface area contributed by atoms with Crippen LogP contribution in [0.4, 0.5) is 11.7 Å². The molecule has 0 aliphatic carbocycles. The minimum Gasteiger partial charge on any atom is -0.424 e. The second-order valence-corrected chi connectivity index (χ2v) is 18.9. The molecule has 364 valence electrons. The maximum absolute atomic E-state index is 11.7. The van der Waals surface area contributed by atoms with E-state index < -0.39 is 4.92 Å². The molecule has 0 aliphatic rings. The summed E-state index contributed by atoms with van der Waals surface area (Å²) in [6.07, 6.45) is 8.44. The lowest BCUT2D eigenvalue weighted by molar-refractivity contribution is -0.384. The Bertz CT molecular complexity index is 2260. The van der Waals surface area contributed by atoms with E-state index in [1.165, 1.54) is 30.9 Å². The van der Waals surface area contributed by atoms with Crippen molar-refractivity contribution in [3.8, 4) is 0 Å². The van der Waals surface area contributed by atoms with Crippen LogP contribution >= 0.6 is 0 Å². The number of carbonyl (C=O) groups is 4. The summed E-state index contributed by atoms with van der Waals surface area (Å²) in [6, 6.07) is 27.7. The maximum Gasteiger partial charge on any atom is 0.295 e. The number of carbonyl (C=O) groups excluding carboxylic acids is 4. The van der Waals surface area contributed by atoms with E-state index in [4.69, 9.17) is 4.42 Å². The van der Waals surface area contributed by atoms with Gasteiger partial charge in [0.15, 0.2) is 5.58 Å². The zero-order chi connectivity index (χ0) is 50.9. The molecule has 3 heterocycles. The summed E-state index contributed by atoms with van der Waals surface area (Å²) in [7, 11) is 0. The first-order chi connectivity index (χ1) is 31.9. The number of aromatic nitrogens is 4. The van der Waals surface area contributed by atoms with Crippen LogP contribution in [0.2, 0.25) is 0 Å². The first-order valence-corrected chi connectivity index (χ1v) is 22.4. The van der Waals surface area contributed by atoms with Gasteiger partial charge in [-0.05, 0) is 94.3 Å². The molecule has 0 saturated heterocycles. The molecule has 3 aromatic heterocycles. The molecular weight excluding hydrogens is 863 g/mol. The third kappa shape index (κ3) is 24.8. The molecule has 16 nitrogen and oxygen atoms in total. The highest BCUT2D eigenvalue weighted by Crippen LogP contribution is 2.22. The number of nitrogens with zero attached hydrogens (tertiary/aromatic N) is 5. The molecular formula is C52H69N9O7. The Labute approximate surface area is 400 Å². The van der Waals surface area contributed by atoms with E-state index in [2.05, 4.69) is 62.0 Å². The predicted molar refractivity (Wildman–Crippen MR) is 268 cm³/mol. The summed E-state index contributed by atoms with van der Waals surface area (Å²) in [5.74, 6) is -0.0550. The highest BCUT2D eigenvalue weighted by molar-refractivity contribution is 5.95. The minimum atomic E-state index is -0.444. The van der Waals surface area contributed by atoms with Crippen LogP contribution in [0.5, 0.6) is 0 Å².